The average molecular weight is 497 g/mol. The lowest BCUT2D eigenvalue weighted by molar-refractivity contribution is -0.112. The fraction of sp³-hybridized carbons (Fsp3) is 0.0690. The number of nitrogens with zero attached hydrogens (tertiary/aromatic N) is 1. The fourth-order valence-corrected chi connectivity index (χ4v) is 3.97. The minimum absolute atomic E-state index is 0.128. The van der Waals surface area contributed by atoms with E-state index in [0.29, 0.717) is 21.8 Å². The first-order valence-corrected chi connectivity index (χ1v) is 11.4. The number of anilines is 1. The normalized spacial score (nSPS) is 11.0. The zero-order valence-electron chi connectivity index (χ0n) is 19.5. The number of carbonyl (C=O) groups is 2. The summed E-state index contributed by atoms with van der Waals surface area (Å²) in [7, 11) is 1.44. The third kappa shape index (κ3) is 5.22. The number of benzene rings is 4. The van der Waals surface area contributed by atoms with Crippen LogP contribution in [0.3, 0.4) is 0 Å². The zero-order chi connectivity index (χ0) is 25.7. The first kappa shape index (κ1) is 24.5. The molecule has 36 heavy (non-hydrogen) atoms. The van der Waals surface area contributed by atoms with E-state index in [-0.39, 0.29) is 17.1 Å². The van der Waals surface area contributed by atoms with Crippen molar-refractivity contribution in [2.75, 3.05) is 12.4 Å². The van der Waals surface area contributed by atoms with Crippen LogP contribution in [0.4, 0.5) is 5.69 Å². The summed E-state index contributed by atoms with van der Waals surface area (Å²) in [6, 6.07) is 24.9. The molecule has 0 saturated heterocycles. The van der Waals surface area contributed by atoms with Gasteiger partial charge in [0.1, 0.15) is 11.6 Å². The minimum Gasteiger partial charge on any atom is -0.493 e. The Kier molecular flexibility index (Phi) is 7.33. The van der Waals surface area contributed by atoms with Crippen molar-refractivity contribution >= 4 is 46.0 Å². The van der Waals surface area contributed by atoms with Crippen molar-refractivity contribution < 1.29 is 19.1 Å². The van der Waals surface area contributed by atoms with E-state index in [1.807, 2.05) is 36.4 Å². The molecule has 0 unspecified atom stereocenters. The number of amides is 1. The second-order valence-electron chi connectivity index (χ2n) is 7.88. The van der Waals surface area contributed by atoms with Gasteiger partial charge in [0.2, 0.25) is 0 Å². The Bertz CT molecular complexity index is 1530. The SMILES string of the molecule is COc1cc(C=C(C#N)C(=O)Nc2c(C)cccc2Cl)ccc1OC(=O)c1cccc2ccccc12. The van der Waals surface area contributed by atoms with Crippen LogP contribution in [0.1, 0.15) is 21.5 Å². The van der Waals surface area contributed by atoms with E-state index in [9.17, 15) is 14.9 Å². The Morgan fingerprint density at radius 1 is 0.972 bits per heavy atom. The lowest BCUT2D eigenvalue weighted by atomic mass is 10.0. The van der Waals surface area contributed by atoms with Crippen molar-refractivity contribution in [3.63, 3.8) is 0 Å². The molecule has 0 aromatic heterocycles. The van der Waals surface area contributed by atoms with Crippen molar-refractivity contribution in [2.45, 2.75) is 6.92 Å². The van der Waals surface area contributed by atoms with E-state index in [0.717, 1.165) is 16.3 Å². The lowest BCUT2D eigenvalue weighted by Gasteiger charge is -2.12. The molecule has 0 saturated carbocycles. The molecule has 4 aromatic rings. The van der Waals surface area contributed by atoms with Gasteiger partial charge in [-0.05, 0) is 59.2 Å². The summed E-state index contributed by atoms with van der Waals surface area (Å²) in [6.45, 7) is 1.81. The zero-order valence-corrected chi connectivity index (χ0v) is 20.3. The molecular formula is C29H21ClN2O4. The monoisotopic (exact) mass is 496 g/mol. The minimum atomic E-state index is -0.598. The lowest BCUT2D eigenvalue weighted by Crippen LogP contribution is -2.14. The number of aryl methyl sites for hydroxylation is 1. The van der Waals surface area contributed by atoms with Gasteiger partial charge in [-0.2, -0.15) is 5.26 Å². The van der Waals surface area contributed by atoms with Crippen LogP contribution in [-0.4, -0.2) is 19.0 Å². The van der Waals surface area contributed by atoms with E-state index >= 15 is 0 Å². The molecule has 7 heteroatoms. The van der Waals surface area contributed by atoms with E-state index in [2.05, 4.69) is 5.32 Å². The second-order valence-corrected chi connectivity index (χ2v) is 8.29. The van der Waals surface area contributed by atoms with Crippen LogP contribution in [0, 0.1) is 18.3 Å². The van der Waals surface area contributed by atoms with Gasteiger partial charge in [0.15, 0.2) is 11.5 Å². The molecule has 4 rings (SSSR count). The van der Waals surface area contributed by atoms with Gasteiger partial charge >= 0.3 is 5.97 Å². The Hall–Kier alpha value is -4.60. The first-order chi connectivity index (χ1) is 17.4. The summed E-state index contributed by atoms with van der Waals surface area (Å²) in [5.41, 5.74) is 2.03. The molecule has 178 valence electrons. The van der Waals surface area contributed by atoms with Crippen molar-refractivity contribution in [3.8, 4) is 17.6 Å². The predicted molar refractivity (Wildman–Crippen MR) is 140 cm³/mol. The number of fused-ring (bicyclic) bond motifs is 1. The second kappa shape index (κ2) is 10.8. The van der Waals surface area contributed by atoms with Gasteiger partial charge in [-0.1, -0.05) is 66.2 Å². The maximum absolute atomic E-state index is 12.9. The fourth-order valence-electron chi connectivity index (χ4n) is 3.70. The smallest absolute Gasteiger partial charge is 0.344 e. The summed E-state index contributed by atoms with van der Waals surface area (Å²) < 4.78 is 11.0. The Balaban J connectivity index is 1.58. The number of rotatable bonds is 6. The number of halogens is 1. The highest BCUT2D eigenvalue weighted by atomic mass is 35.5. The third-order valence-corrected chi connectivity index (χ3v) is 5.85. The summed E-state index contributed by atoms with van der Waals surface area (Å²) in [4.78, 5) is 25.6. The maximum atomic E-state index is 12.9. The van der Waals surface area contributed by atoms with E-state index < -0.39 is 11.9 Å². The number of hydrogen-bond acceptors (Lipinski definition) is 5. The van der Waals surface area contributed by atoms with Crippen molar-refractivity contribution in [2.24, 2.45) is 0 Å². The Labute approximate surface area is 213 Å². The number of nitrogens with one attached hydrogen (secondary N) is 1. The van der Waals surface area contributed by atoms with Gasteiger partial charge in [-0.25, -0.2) is 4.79 Å². The average Bonchev–Trinajstić information content (AvgIpc) is 2.89. The molecule has 0 radical (unpaired) electrons. The molecule has 0 heterocycles. The molecule has 1 amide bonds. The summed E-state index contributed by atoms with van der Waals surface area (Å²) in [5.74, 6) is -0.640. The van der Waals surface area contributed by atoms with Gasteiger partial charge in [0.25, 0.3) is 5.91 Å². The number of esters is 1. The van der Waals surface area contributed by atoms with Gasteiger partial charge in [-0.3, -0.25) is 4.79 Å². The molecule has 0 aliphatic carbocycles. The number of carbonyl (C=O) groups excluding carboxylic acids is 2. The molecule has 0 fully saturated rings. The topological polar surface area (TPSA) is 88.4 Å². The number of ether oxygens (including phenoxy) is 2. The van der Waals surface area contributed by atoms with Gasteiger partial charge < -0.3 is 14.8 Å². The first-order valence-electron chi connectivity index (χ1n) is 11.0. The highest BCUT2D eigenvalue weighted by molar-refractivity contribution is 6.34. The van der Waals surface area contributed by atoms with Crippen LogP contribution < -0.4 is 14.8 Å². The van der Waals surface area contributed by atoms with Crippen LogP contribution in [0.2, 0.25) is 5.02 Å². The highest BCUT2D eigenvalue weighted by Gasteiger charge is 2.17. The van der Waals surface area contributed by atoms with Crippen LogP contribution in [-0.2, 0) is 4.79 Å². The maximum Gasteiger partial charge on any atom is 0.344 e. The number of nitriles is 1. The third-order valence-electron chi connectivity index (χ3n) is 5.54. The van der Waals surface area contributed by atoms with Gasteiger partial charge in [0.05, 0.1) is 23.4 Å². The van der Waals surface area contributed by atoms with E-state index in [4.69, 9.17) is 21.1 Å². The predicted octanol–water partition coefficient (Wildman–Crippen LogP) is 6.58. The quantitative estimate of drug-likeness (QED) is 0.141. The van der Waals surface area contributed by atoms with Gasteiger partial charge in [0, 0.05) is 0 Å². The Morgan fingerprint density at radius 2 is 1.72 bits per heavy atom. The molecule has 4 aromatic carbocycles. The van der Waals surface area contributed by atoms with Crippen LogP contribution >= 0.6 is 11.6 Å². The summed E-state index contributed by atoms with van der Waals surface area (Å²) >= 11 is 6.18. The molecule has 0 bridgehead atoms. The number of para-hydroxylation sites is 1. The van der Waals surface area contributed by atoms with Crippen LogP contribution in [0.5, 0.6) is 11.5 Å². The molecule has 1 N–H and O–H groups in total. The molecule has 0 atom stereocenters. The van der Waals surface area contributed by atoms with Crippen LogP contribution in [0.25, 0.3) is 16.8 Å². The standard InChI is InChI=1S/C29H21ClN2O4/c1-18-7-5-12-24(30)27(18)32-28(33)21(17-31)15-19-13-14-25(26(16-19)35-2)36-29(34)23-11-6-9-20-8-3-4-10-22(20)23/h3-16H,1-2H3,(H,32,33). The molecule has 0 aliphatic rings. The van der Waals surface area contributed by atoms with E-state index in [1.54, 1.807) is 55.5 Å². The van der Waals surface area contributed by atoms with Crippen molar-refractivity contribution in [1.29, 1.82) is 5.26 Å². The number of hydrogen-bond donors (Lipinski definition) is 1. The Morgan fingerprint density at radius 3 is 2.47 bits per heavy atom. The largest absolute Gasteiger partial charge is 0.493 e. The van der Waals surface area contributed by atoms with Crippen LogP contribution in [0.15, 0.2) is 84.4 Å². The number of methoxy groups -OCH3 is 1. The molecule has 0 aliphatic heterocycles. The highest BCUT2D eigenvalue weighted by Crippen LogP contribution is 2.31. The van der Waals surface area contributed by atoms with Gasteiger partial charge in [-0.15, -0.1) is 0 Å². The van der Waals surface area contributed by atoms with Crippen molar-refractivity contribution in [3.05, 3.63) is 106 Å². The molecule has 6 nitrogen and oxygen atoms in total. The summed E-state index contributed by atoms with van der Waals surface area (Å²) in [5, 5.41) is 14.3. The molecular weight excluding hydrogens is 476 g/mol. The molecule has 0 spiro atoms. The summed E-state index contributed by atoms with van der Waals surface area (Å²) in [6.07, 6.45) is 1.42. The van der Waals surface area contributed by atoms with Crippen molar-refractivity contribution in [1.82, 2.24) is 0 Å². The van der Waals surface area contributed by atoms with E-state index in [1.165, 1.54) is 13.2 Å².